The molecule has 0 saturated carbocycles. The number of nitrogens with one attached hydrogen (secondary N) is 1. The van der Waals surface area contributed by atoms with Crippen molar-refractivity contribution in [3.8, 4) is 0 Å². The zero-order valence-electron chi connectivity index (χ0n) is 16.1. The second-order valence-electron chi connectivity index (χ2n) is 7.64. The number of hydrogen-bond donors (Lipinski definition) is 2. The Morgan fingerprint density at radius 1 is 1.31 bits per heavy atom. The highest BCUT2D eigenvalue weighted by Gasteiger charge is 2.26. The zero-order valence-corrected chi connectivity index (χ0v) is 16.8. The van der Waals surface area contributed by atoms with Gasteiger partial charge in [-0.2, -0.15) is 0 Å². The van der Waals surface area contributed by atoms with Gasteiger partial charge >= 0.3 is 6.09 Å². The number of ether oxygens (including phenoxy) is 1. The van der Waals surface area contributed by atoms with Gasteiger partial charge in [0.2, 0.25) is 0 Å². The number of alkyl halides is 1. The van der Waals surface area contributed by atoms with Crippen LogP contribution in [0.3, 0.4) is 0 Å². The van der Waals surface area contributed by atoms with Crippen molar-refractivity contribution in [3.63, 3.8) is 0 Å². The topological polar surface area (TPSA) is 65.0 Å². The third-order valence-corrected chi connectivity index (χ3v) is 4.55. The van der Waals surface area contributed by atoms with E-state index in [0.29, 0.717) is 19.6 Å². The summed E-state index contributed by atoms with van der Waals surface area (Å²) in [6.07, 6.45) is -0.802. The summed E-state index contributed by atoms with van der Waals surface area (Å²) >= 11 is 5.61. The standard InChI is InChI=1S/C19H30ClN3O3/c1-14-11-15(21-13-16(24)12-20)5-6-17(14)22-7-9-23(10-8-22)18(25)26-19(2,3)4/h5-6,11,16,21,24H,7-10,12-13H2,1-4H3. The molecule has 0 bridgehead atoms. The van der Waals surface area contributed by atoms with E-state index in [4.69, 9.17) is 16.3 Å². The Labute approximate surface area is 161 Å². The summed E-state index contributed by atoms with van der Waals surface area (Å²) in [4.78, 5) is 16.2. The van der Waals surface area contributed by atoms with Gasteiger partial charge < -0.3 is 25.0 Å². The molecule has 1 aromatic rings. The van der Waals surface area contributed by atoms with Gasteiger partial charge in [0.1, 0.15) is 5.60 Å². The lowest BCUT2D eigenvalue weighted by atomic mass is 10.1. The smallest absolute Gasteiger partial charge is 0.410 e. The number of aliphatic hydroxyl groups excluding tert-OH is 1. The summed E-state index contributed by atoms with van der Waals surface area (Å²) in [6, 6.07) is 6.15. The SMILES string of the molecule is Cc1cc(NCC(O)CCl)ccc1N1CCN(C(=O)OC(C)(C)C)CC1. The highest BCUT2D eigenvalue weighted by atomic mass is 35.5. The lowest BCUT2D eigenvalue weighted by Gasteiger charge is -2.37. The number of benzene rings is 1. The molecule has 1 aromatic carbocycles. The van der Waals surface area contributed by atoms with Crippen molar-refractivity contribution in [2.75, 3.05) is 48.8 Å². The van der Waals surface area contributed by atoms with E-state index in [-0.39, 0.29) is 12.0 Å². The van der Waals surface area contributed by atoms with Crippen LogP contribution in [-0.2, 0) is 4.74 Å². The highest BCUT2D eigenvalue weighted by Crippen LogP contribution is 2.25. The number of aryl methyl sites for hydroxylation is 1. The first-order valence-electron chi connectivity index (χ1n) is 9.01. The van der Waals surface area contributed by atoms with Crippen molar-refractivity contribution in [1.82, 2.24) is 4.90 Å². The molecule has 0 aromatic heterocycles. The molecule has 6 nitrogen and oxygen atoms in total. The molecule has 0 aliphatic carbocycles. The molecule has 0 radical (unpaired) electrons. The van der Waals surface area contributed by atoms with E-state index < -0.39 is 11.7 Å². The van der Waals surface area contributed by atoms with Crippen LogP contribution in [0.25, 0.3) is 0 Å². The molecule has 1 saturated heterocycles. The maximum atomic E-state index is 12.2. The second kappa shape index (κ2) is 8.82. The lowest BCUT2D eigenvalue weighted by molar-refractivity contribution is 0.0240. The van der Waals surface area contributed by atoms with Crippen molar-refractivity contribution >= 4 is 29.1 Å². The number of amides is 1. The molecule has 1 amide bonds. The van der Waals surface area contributed by atoms with Gasteiger partial charge in [0.05, 0.1) is 12.0 Å². The van der Waals surface area contributed by atoms with Crippen LogP contribution in [0.2, 0.25) is 0 Å². The van der Waals surface area contributed by atoms with Crippen LogP contribution in [0.1, 0.15) is 26.3 Å². The van der Waals surface area contributed by atoms with Crippen molar-refractivity contribution in [3.05, 3.63) is 23.8 Å². The van der Waals surface area contributed by atoms with Crippen LogP contribution >= 0.6 is 11.6 Å². The molecule has 146 valence electrons. The van der Waals surface area contributed by atoms with E-state index in [0.717, 1.165) is 30.0 Å². The third-order valence-electron chi connectivity index (χ3n) is 4.19. The minimum atomic E-state index is -0.558. The minimum absolute atomic E-state index is 0.214. The van der Waals surface area contributed by atoms with Gasteiger partial charge in [-0.15, -0.1) is 11.6 Å². The number of hydrogen-bond acceptors (Lipinski definition) is 5. The average molecular weight is 384 g/mol. The average Bonchev–Trinajstić information content (AvgIpc) is 2.58. The number of rotatable bonds is 5. The van der Waals surface area contributed by atoms with Crippen molar-refractivity contribution < 1.29 is 14.6 Å². The van der Waals surface area contributed by atoms with Gasteiger partial charge in [-0.25, -0.2) is 4.79 Å². The fraction of sp³-hybridized carbons (Fsp3) is 0.632. The molecular weight excluding hydrogens is 354 g/mol. The highest BCUT2D eigenvalue weighted by molar-refractivity contribution is 6.18. The number of carbonyl (C=O) groups excluding carboxylic acids is 1. The van der Waals surface area contributed by atoms with E-state index in [2.05, 4.69) is 29.3 Å². The first-order valence-corrected chi connectivity index (χ1v) is 9.54. The van der Waals surface area contributed by atoms with Crippen molar-refractivity contribution in [1.29, 1.82) is 0 Å². The number of carbonyl (C=O) groups is 1. The normalized spacial score (nSPS) is 16.4. The first-order chi connectivity index (χ1) is 12.2. The van der Waals surface area contributed by atoms with E-state index in [1.54, 1.807) is 4.90 Å². The summed E-state index contributed by atoms with van der Waals surface area (Å²) in [5, 5.41) is 12.7. The van der Waals surface area contributed by atoms with E-state index >= 15 is 0 Å². The summed E-state index contributed by atoms with van der Waals surface area (Å²) < 4.78 is 5.44. The van der Waals surface area contributed by atoms with Crippen molar-refractivity contribution in [2.24, 2.45) is 0 Å². The van der Waals surface area contributed by atoms with Crippen LogP contribution in [-0.4, -0.2) is 66.4 Å². The molecule has 1 unspecified atom stereocenters. The lowest BCUT2D eigenvalue weighted by Crippen LogP contribution is -2.50. The number of nitrogens with zero attached hydrogens (tertiary/aromatic N) is 2. The van der Waals surface area contributed by atoms with Crippen LogP contribution in [0, 0.1) is 6.92 Å². The monoisotopic (exact) mass is 383 g/mol. The molecule has 1 heterocycles. The fourth-order valence-corrected chi connectivity index (χ4v) is 2.98. The molecule has 1 aliphatic heterocycles. The zero-order chi connectivity index (χ0) is 19.3. The predicted molar refractivity (Wildman–Crippen MR) is 106 cm³/mol. The second-order valence-corrected chi connectivity index (χ2v) is 7.95. The van der Waals surface area contributed by atoms with Gasteiger partial charge in [0, 0.05) is 44.1 Å². The van der Waals surface area contributed by atoms with Gasteiger partial charge in [-0.05, 0) is 51.5 Å². The van der Waals surface area contributed by atoms with E-state index in [1.165, 1.54) is 0 Å². The molecule has 26 heavy (non-hydrogen) atoms. The molecule has 1 fully saturated rings. The molecule has 1 aliphatic rings. The summed E-state index contributed by atoms with van der Waals surface area (Å²) in [5.74, 6) is 0.214. The van der Waals surface area contributed by atoms with E-state index in [1.807, 2.05) is 26.8 Å². The number of anilines is 2. The van der Waals surface area contributed by atoms with Gasteiger partial charge in [0.25, 0.3) is 0 Å². The fourth-order valence-electron chi connectivity index (χ4n) is 2.87. The first kappa shape index (κ1) is 20.6. The third kappa shape index (κ3) is 5.95. The van der Waals surface area contributed by atoms with Crippen LogP contribution in [0.15, 0.2) is 18.2 Å². The Morgan fingerprint density at radius 3 is 2.50 bits per heavy atom. The van der Waals surface area contributed by atoms with Gasteiger partial charge in [-0.3, -0.25) is 0 Å². The Balaban J connectivity index is 1.91. The number of halogens is 1. The Morgan fingerprint density at radius 2 is 1.96 bits per heavy atom. The Hall–Kier alpha value is -1.66. The molecule has 0 spiro atoms. The van der Waals surface area contributed by atoms with Crippen LogP contribution in [0.5, 0.6) is 0 Å². The van der Waals surface area contributed by atoms with E-state index in [9.17, 15) is 9.90 Å². The van der Waals surface area contributed by atoms with Crippen molar-refractivity contribution in [2.45, 2.75) is 39.4 Å². The number of aliphatic hydroxyl groups is 1. The molecule has 2 N–H and O–H groups in total. The number of piperazine rings is 1. The van der Waals surface area contributed by atoms with Crippen LogP contribution < -0.4 is 10.2 Å². The molecule has 2 rings (SSSR count). The minimum Gasteiger partial charge on any atom is -0.444 e. The molecule has 7 heteroatoms. The Kier molecular flexibility index (Phi) is 7.01. The maximum Gasteiger partial charge on any atom is 0.410 e. The molecule has 1 atom stereocenters. The van der Waals surface area contributed by atoms with Crippen LogP contribution in [0.4, 0.5) is 16.2 Å². The summed E-state index contributed by atoms with van der Waals surface area (Å²) in [5.41, 5.74) is 2.81. The molecular formula is C19H30ClN3O3. The predicted octanol–water partition coefficient (Wildman–Crippen LogP) is 3.06. The van der Waals surface area contributed by atoms with Gasteiger partial charge in [-0.1, -0.05) is 0 Å². The maximum absolute atomic E-state index is 12.2. The largest absolute Gasteiger partial charge is 0.444 e. The quantitative estimate of drug-likeness (QED) is 0.765. The summed E-state index contributed by atoms with van der Waals surface area (Å²) in [7, 11) is 0. The van der Waals surface area contributed by atoms with Gasteiger partial charge in [0.15, 0.2) is 0 Å². The Bertz CT molecular complexity index is 611. The summed E-state index contributed by atoms with van der Waals surface area (Å²) in [6.45, 7) is 11.0.